The maximum Gasteiger partial charge on any atom is 0.313 e. The molecule has 3 aromatic carbocycles. The van der Waals surface area contributed by atoms with E-state index in [1.165, 1.54) is 18.2 Å². The van der Waals surface area contributed by atoms with Gasteiger partial charge in [0.15, 0.2) is 0 Å². The topological polar surface area (TPSA) is 78.4 Å². The lowest BCUT2D eigenvalue weighted by atomic mass is 9.93. The summed E-state index contributed by atoms with van der Waals surface area (Å²) >= 11 is 0. The van der Waals surface area contributed by atoms with E-state index >= 15 is 0 Å². The van der Waals surface area contributed by atoms with Crippen molar-refractivity contribution in [2.75, 3.05) is 11.9 Å². The molecule has 0 aliphatic rings. The van der Waals surface area contributed by atoms with Gasteiger partial charge in [0.05, 0.1) is 12.2 Å². The fraction of sp³-hybridized carbons (Fsp3) is 0.130. The molecule has 2 amide bonds. The minimum atomic E-state index is -1.39. The lowest BCUT2D eigenvalue weighted by Crippen LogP contribution is -2.43. The first-order valence-electron chi connectivity index (χ1n) is 9.09. The van der Waals surface area contributed by atoms with E-state index in [0.29, 0.717) is 5.56 Å². The Labute approximate surface area is 168 Å². The summed E-state index contributed by atoms with van der Waals surface area (Å²) in [7, 11) is 0. The van der Waals surface area contributed by atoms with Gasteiger partial charge in [-0.3, -0.25) is 9.59 Å². The molecule has 3 aromatic rings. The second-order valence-corrected chi connectivity index (χ2v) is 6.83. The quantitative estimate of drug-likeness (QED) is 0.582. The van der Waals surface area contributed by atoms with E-state index in [1.54, 1.807) is 25.1 Å². The standard InChI is InChI=1S/C23H21FN2O3/c1-23(29,18-13-11-17(12-14-18)16-7-3-2-4-8-16)15-25-21(27)22(28)26-20-10-6-5-9-19(20)24/h2-14,29H,15H2,1H3,(H,25,27)(H,26,28). The van der Waals surface area contributed by atoms with Gasteiger partial charge in [-0.25, -0.2) is 4.39 Å². The summed E-state index contributed by atoms with van der Waals surface area (Å²) in [6, 6.07) is 22.7. The highest BCUT2D eigenvalue weighted by Gasteiger charge is 2.25. The molecule has 0 fully saturated rings. The predicted octanol–water partition coefficient (Wildman–Crippen LogP) is 3.46. The number of carbonyl (C=O) groups is 2. The van der Waals surface area contributed by atoms with Gasteiger partial charge in [0.1, 0.15) is 11.4 Å². The maximum absolute atomic E-state index is 13.6. The van der Waals surface area contributed by atoms with Crippen LogP contribution in [0.4, 0.5) is 10.1 Å². The number of amides is 2. The average molecular weight is 392 g/mol. The van der Waals surface area contributed by atoms with Crippen LogP contribution in [0.25, 0.3) is 11.1 Å². The number of benzene rings is 3. The molecule has 5 nitrogen and oxygen atoms in total. The number of para-hydroxylation sites is 1. The van der Waals surface area contributed by atoms with Crippen LogP contribution in [0.3, 0.4) is 0 Å². The van der Waals surface area contributed by atoms with Crippen LogP contribution in [0.2, 0.25) is 0 Å². The third-order valence-corrected chi connectivity index (χ3v) is 4.54. The van der Waals surface area contributed by atoms with Crippen LogP contribution in [0.1, 0.15) is 12.5 Å². The van der Waals surface area contributed by atoms with Crippen LogP contribution in [0.15, 0.2) is 78.9 Å². The number of hydrogen-bond acceptors (Lipinski definition) is 3. The Hall–Kier alpha value is -3.51. The molecular formula is C23H21FN2O3. The first kappa shape index (κ1) is 20.2. The van der Waals surface area contributed by atoms with E-state index in [-0.39, 0.29) is 12.2 Å². The molecule has 29 heavy (non-hydrogen) atoms. The summed E-state index contributed by atoms with van der Waals surface area (Å²) in [6.07, 6.45) is 0. The minimum absolute atomic E-state index is 0.0871. The largest absolute Gasteiger partial charge is 0.384 e. The molecule has 1 atom stereocenters. The van der Waals surface area contributed by atoms with E-state index in [4.69, 9.17) is 0 Å². The van der Waals surface area contributed by atoms with Gasteiger partial charge in [0, 0.05) is 0 Å². The Bertz CT molecular complexity index is 1000. The second-order valence-electron chi connectivity index (χ2n) is 6.83. The van der Waals surface area contributed by atoms with Gasteiger partial charge in [0.2, 0.25) is 0 Å². The van der Waals surface area contributed by atoms with Crippen molar-refractivity contribution in [1.82, 2.24) is 5.32 Å². The summed E-state index contributed by atoms with van der Waals surface area (Å²) in [5, 5.41) is 15.3. The average Bonchev–Trinajstić information content (AvgIpc) is 2.74. The smallest absolute Gasteiger partial charge is 0.313 e. The number of nitrogens with one attached hydrogen (secondary N) is 2. The third-order valence-electron chi connectivity index (χ3n) is 4.54. The number of hydrogen-bond donors (Lipinski definition) is 3. The first-order chi connectivity index (χ1) is 13.9. The number of halogens is 1. The highest BCUT2D eigenvalue weighted by molar-refractivity contribution is 6.39. The van der Waals surface area contributed by atoms with Crippen LogP contribution < -0.4 is 10.6 Å². The summed E-state index contributed by atoms with van der Waals surface area (Å²) in [5.74, 6) is -2.61. The van der Waals surface area contributed by atoms with E-state index < -0.39 is 23.2 Å². The van der Waals surface area contributed by atoms with Gasteiger partial charge in [-0.1, -0.05) is 66.7 Å². The second kappa shape index (κ2) is 8.67. The van der Waals surface area contributed by atoms with Crippen molar-refractivity contribution in [2.45, 2.75) is 12.5 Å². The van der Waals surface area contributed by atoms with Crippen molar-refractivity contribution >= 4 is 17.5 Å². The number of aliphatic hydroxyl groups is 1. The molecule has 0 spiro atoms. The Kier molecular flexibility index (Phi) is 6.04. The molecule has 0 aliphatic heterocycles. The summed E-state index contributed by atoms with van der Waals surface area (Å²) in [4.78, 5) is 24.0. The molecule has 0 heterocycles. The van der Waals surface area contributed by atoms with E-state index in [9.17, 15) is 19.1 Å². The summed E-state index contributed by atoms with van der Waals surface area (Å²) < 4.78 is 13.6. The highest BCUT2D eigenvalue weighted by atomic mass is 19.1. The molecule has 3 rings (SSSR count). The molecular weight excluding hydrogens is 371 g/mol. The van der Waals surface area contributed by atoms with E-state index in [0.717, 1.165) is 11.1 Å². The van der Waals surface area contributed by atoms with Crippen molar-refractivity contribution in [1.29, 1.82) is 0 Å². The Morgan fingerprint density at radius 3 is 2.10 bits per heavy atom. The molecule has 148 valence electrons. The lowest BCUT2D eigenvalue weighted by Gasteiger charge is -2.24. The molecule has 0 saturated heterocycles. The lowest BCUT2D eigenvalue weighted by molar-refractivity contribution is -0.136. The Morgan fingerprint density at radius 1 is 0.862 bits per heavy atom. The van der Waals surface area contributed by atoms with E-state index in [1.807, 2.05) is 42.5 Å². The van der Waals surface area contributed by atoms with Crippen LogP contribution in [0, 0.1) is 5.82 Å². The van der Waals surface area contributed by atoms with E-state index in [2.05, 4.69) is 10.6 Å². The maximum atomic E-state index is 13.6. The van der Waals surface area contributed by atoms with Crippen molar-refractivity contribution in [3.05, 3.63) is 90.2 Å². The van der Waals surface area contributed by atoms with Crippen molar-refractivity contribution in [3.8, 4) is 11.1 Å². The molecule has 0 bridgehead atoms. The zero-order valence-electron chi connectivity index (χ0n) is 15.9. The van der Waals surface area contributed by atoms with Gasteiger partial charge >= 0.3 is 11.8 Å². The number of anilines is 1. The fourth-order valence-electron chi connectivity index (χ4n) is 2.83. The zero-order valence-corrected chi connectivity index (χ0v) is 15.9. The first-order valence-corrected chi connectivity index (χ1v) is 9.09. The van der Waals surface area contributed by atoms with Crippen molar-refractivity contribution in [2.24, 2.45) is 0 Å². The third kappa shape index (κ3) is 5.06. The van der Waals surface area contributed by atoms with Crippen LogP contribution in [0.5, 0.6) is 0 Å². The summed E-state index contributed by atoms with van der Waals surface area (Å²) in [6.45, 7) is 1.36. The molecule has 0 aliphatic carbocycles. The number of carbonyl (C=O) groups excluding carboxylic acids is 2. The van der Waals surface area contributed by atoms with Crippen LogP contribution >= 0.6 is 0 Å². The normalized spacial score (nSPS) is 12.7. The van der Waals surface area contributed by atoms with Gasteiger partial charge in [-0.15, -0.1) is 0 Å². The molecule has 0 radical (unpaired) electrons. The van der Waals surface area contributed by atoms with Crippen LogP contribution in [-0.4, -0.2) is 23.5 Å². The number of rotatable bonds is 5. The zero-order chi connectivity index (χ0) is 20.9. The predicted molar refractivity (Wildman–Crippen MR) is 109 cm³/mol. The monoisotopic (exact) mass is 392 g/mol. The van der Waals surface area contributed by atoms with Crippen LogP contribution in [-0.2, 0) is 15.2 Å². The fourth-order valence-corrected chi connectivity index (χ4v) is 2.83. The Morgan fingerprint density at radius 2 is 1.45 bits per heavy atom. The van der Waals surface area contributed by atoms with Gasteiger partial charge in [-0.2, -0.15) is 0 Å². The Balaban J connectivity index is 1.61. The molecule has 3 N–H and O–H groups in total. The SMILES string of the molecule is CC(O)(CNC(=O)C(=O)Nc1ccccc1F)c1ccc(-c2ccccc2)cc1. The molecule has 1 unspecified atom stereocenters. The van der Waals surface area contributed by atoms with Crippen molar-refractivity contribution in [3.63, 3.8) is 0 Å². The van der Waals surface area contributed by atoms with Crippen molar-refractivity contribution < 1.29 is 19.1 Å². The highest BCUT2D eigenvalue weighted by Crippen LogP contribution is 2.24. The summed E-state index contributed by atoms with van der Waals surface area (Å²) in [5.41, 5.74) is 1.17. The minimum Gasteiger partial charge on any atom is -0.384 e. The van der Waals surface area contributed by atoms with Gasteiger partial charge < -0.3 is 15.7 Å². The van der Waals surface area contributed by atoms with Gasteiger partial charge in [0.25, 0.3) is 0 Å². The van der Waals surface area contributed by atoms with Gasteiger partial charge in [-0.05, 0) is 35.7 Å². The molecule has 0 saturated carbocycles. The molecule has 6 heteroatoms. The molecule has 0 aromatic heterocycles.